The summed E-state index contributed by atoms with van der Waals surface area (Å²) in [7, 11) is 0. The number of nitrogens with one attached hydrogen (secondary N) is 1. The van der Waals surface area contributed by atoms with Crippen molar-refractivity contribution >= 4 is 29.0 Å². The SMILES string of the molecule is Cc1cc(NC(=O)[C@H](OC(=O)c2ccsc2)c2ccccc2)no1. The third kappa shape index (κ3) is 3.69. The number of rotatable bonds is 5. The van der Waals surface area contributed by atoms with Gasteiger partial charge in [0.2, 0.25) is 6.10 Å². The lowest BCUT2D eigenvalue weighted by molar-refractivity contribution is -0.125. The number of aromatic nitrogens is 1. The van der Waals surface area contributed by atoms with Crippen molar-refractivity contribution in [1.29, 1.82) is 0 Å². The lowest BCUT2D eigenvalue weighted by atomic mass is 10.1. The van der Waals surface area contributed by atoms with Crippen LogP contribution in [0.2, 0.25) is 0 Å². The van der Waals surface area contributed by atoms with E-state index in [-0.39, 0.29) is 5.82 Å². The van der Waals surface area contributed by atoms with Crippen LogP contribution in [0.3, 0.4) is 0 Å². The largest absolute Gasteiger partial charge is 0.444 e. The van der Waals surface area contributed by atoms with Gasteiger partial charge in [-0.25, -0.2) is 4.79 Å². The summed E-state index contributed by atoms with van der Waals surface area (Å²) >= 11 is 1.38. The topological polar surface area (TPSA) is 81.4 Å². The third-order valence-electron chi connectivity index (χ3n) is 3.20. The molecule has 1 amide bonds. The van der Waals surface area contributed by atoms with E-state index in [9.17, 15) is 9.59 Å². The quantitative estimate of drug-likeness (QED) is 0.717. The molecule has 3 aromatic rings. The highest BCUT2D eigenvalue weighted by Crippen LogP contribution is 2.22. The zero-order valence-corrected chi connectivity index (χ0v) is 13.6. The minimum Gasteiger partial charge on any atom is -0.444 e. The van der Waals surface area contributed by atoms with E-state index in [1.807, 2.05) is 6.07 Å². The van der Waals surface area contributed by atoms with Crippen molar-refractivity contribution in [1.82, 2.24) is 5.16 Å². The van der Waals surface area contributed by atoms with E-state index in [0.29, 0.717) is 16.9 Å². The number of thiophene rings is 1. The molecule has 0 bridgehead atoms. The van der Waals surface area contributed by atoms with Crippen LogP contribution in [0, 0.1) is 6.92 Å². The maximum absolute atomic E-state index is 12.6. The Morgan fingerprint density at radius 1 is 1.25 bits per heavy atom. The van der Waals surface area contributed by atoms with Gasteiger partial charge in [-0.05, 0) is 18.4 Å². The van der Waals surface area contributed by atoms with Crippen LogP contribution < -0.4 is 5.32 Å². The molecule has 1 N–H and O–H groups in total. The van der Waals surface area contributed by atoms with Gasteiger partial charge in [-0.3, -0.25) is 4.79 Å². The van der Waals surface area contributed by atoms with E-state index in [1.54, 1.807) is 54.1 Å². The second-order valence-corrected chi connectivity index (χ2v) is 5.80. The molecule has 0 aliphatic carbocycles. The van der Waals surface area contributed by atoms with Gasteiger partial charge < -0.3 is 14.6 Å². The van der Waals surface area contributed by atoms with Crippen LogP contribution in [0.5, 0.6) is 0 Å². The predicted octanol–water partition coefficient (Wildman–Crippen LogP) is 3.58. The Balaban J connectivity index is 1.82. The van der Waals surface area contributed by atoms with Crippen LogP contribution in [0.1, 0.15) is 27.8 Å². The Labute approximate surface area is 142 Å². The van der Waals surface area contributed by atoms with Gasteiger partial charge in [0, 0.05) is 17.0 Å². The monoisotopic (exact) mass is 342 g/mol. The van der Waals surface area contributed by atoms with Gasteiger partial charge in [-0.2, -0.15) is 11.3 Å². The summed E-state index contributed by atoms with van der Waals surface area (Å²) in [6.45, 7) is 1.72. The number of nitrogens with zero attached hydrogens (tertiary/aromatic N) is 1. The van der Waals surface area contributed by atoms with Gasteiger partial charge >= 0.3 is 5.97 Å². The highest BCUT2D eigenvalue weighted by molar-refractivity contribution is 7.08. The summed E-state index contributed by atoms with van der Waals surface area (Å²) in [4.78, 5) is 24.8. The van der Waals surface area contributed by atoms with Crippen molar-refractivity contribution < 1.29 is 18.8 Å². The highest BCUT2D eigenvalue weighted by Gasteiger charge is 2.26. The lowest BCUT2D eigenvalue weighted by Gasteiger charge is -2.17. The molecule has 1 aromatic carbocycles. The van der Waals surface area contributed by atoms with Crippen LogP contribution in [0.15, 0.2) is 57.7 Å². The molecule has 0 aliphatic heterocycles. The molecule has 122 valence electrons. The smallest absolute Gasteiger partial charge is 0.340 e. The molecule has 24 heavy (non-hydrogen) atoms. The predicted molar refractivity (Wildman–Crippen MR) is 88.8 cm³/mol. The maximum Gasteiger partial charge on any atom is 0.340 e. The molecule has 0 radical (unpaired) electrons. The fourth-order valence-electron chi connectivity index (χ4n) is 2.07. The minimum absolute atomic E-state index is 0.269. The number of carbonyl (C=O) groups excluding carboxylic acids is 2. The fraction of sp³-hybridized carbons (Fsp3) is 0.118. The summed E-state index contributed by atoms with van der Waals surface area (Å²) in [6, 6.07) is 12.0. The number of esters is 1. The number of carbonyl (C=O) groups is 2. The first-order chi connectivity index (χ1) is 11.6. The van der Waals surface area contributed by atoms with E-state index in [4.69, 9.17) is 9.26 Å². The molecule has 0 aliphatic rings. The first-order valence-electron chi connectivity index (χ1n) is 7.16. The first-order valence-corrected chi connectivity index (χ1v) is 8.10. The van der Waals surface area contributed by atoms with Crippen molar-refractivity contribution in [2.24, 2.45) is 0 Å². The normalized spacial score (nSPS) is 11.7. The molecule has 7 heteroatoms. The van der Waals surface area contributed by atoms with Gasteiger partial charge in [0.05, 0.1) is 5.56 Å². The van der Waals surface area contributed by atoms with Crippen LogP contribution in [-0.4, -0.2) is 17.0 Å². The minimum atomic E-state index is -1.09. The summed E-state index contributed by atoms with van der Waals surface area (Å²) < 4.78 is 10.3. The van der Waals surface area contributed by atoms with Crippen LogP contribution in [-0.2, 0) is 9.53 Å². The molecule has 0 fully saturated rings. The molecule has 0 saturated heterocycles. The standard InChI is InChI=1S/C17H14N2O4S/c1-11-9-14(19-23-11)18-16(20)15(12-5-3-2-4-6-12)22-17(21)13-7-8-24-10-13/h2-10,15H,1H3,(H,18,19,20)/t15-/m1/s1. The number of hydrogen-bond acceptors (Lipinski definition) is 6. The number of amides is 1. The summed E-state index contributed by atoms with van der Waals surface area (Å²) in [6.07, 6.45) is -1.09. The van der Waals surface area contributed by atoms with E-state index in [0.717, 1.165) is 0 Å². The zero-order chi connectivity index (χ0) is 16.9. The van der Waals surface area contributed by atoms with Gasteiger partial charge in [0.15, 0.2) is 5.82 Å². The van der Waals surface area contributed by atoms with Crippen molar-refractivity contribution in [3.8, 4) is 0 Å². The maximum atomic E-state index is 12.6. The average Bonchev–Trinajstić information content (AvgIpc) is 3.25. The van der Waals surface area contributed by atoms with E-state index < -0.39 is 18.0 Å². The molecule has 2 aromatic heterocycles. The lowest BCUT2D eigenvalue weighted by Crippen LogP contribution is -2.26. The summed E-state index contributed by atoms with van der Waals surface area (Å²) in [5.74, 6) is -0.225. The zero-order valence-electron chi connectivity index (χ0n) is 12.8. The molecular formula is C17H14N2O4S. The Bertz CT molecular complexity index is 827. The molecule has 0 unspecified atom stereocenters. The van der Waals surface area contributed by atoms with Crippen LogP contribution >= 0.6 is 11.3 Å². The molecule has 0 spiro atoms. The number of aryl methyl sites for hydroxylation is 1. The molecule has 2 heterocycles. The molecule has 3 rings (SSSR count). The molecule has 1 atom stereocenters. The van der Waals surface area contributed by atoms with Crippen molar-refractivity contribution in [3.63, 3.8) is 0 Å². The summed E-state index contributed by atoms with van der Waals surface area (Å²) in [5, 5.41) is 9.75. The van der Waals surface area contributed by atoms with Gasteiger partial charge in [0.25, 0.3) is 5.91 Å². The highest BCUT2D eigenvalue weighted by atomic mass is 32.1. The molecule has 6 nitrogen and oxygen atoms in total. The van der Waals surface area contributed by atoms with Crippen LogP contribution in [0.4, 0.5) is 5.82 Å². The molecular weight excluding hydrogens is 328 g/mol. The number of ether oxygens (including phenoxy) is 1. The number of hydrogen-bond donors (Lipinski definition) is 1. The first kappa shape index (κ1) is 15.9. The van der Waals surface area contributed by atoms with E-state index in [1.165, 1.54) is 11.3 Å². The van der Waals surface area contributed by atoms with Crippen molar-refractivity contribution in [3.05, 3.63) is 70.1 Å². The average molecular weight is 342 g/mol. The number of anilines is 1. The van der Waals surface area contributed by atoms with Crippen molar-refractivity contribution in [2.45, 2.75) is 13.0 Å². The van der Waals surface area contributed by atoms with E-state index in [2.05, 4.69) is 10.5 Å². The van der Waals surface area contributed by atoms with E-state index >= 15 is 0 Å². The molecule has 0 saturated carbocycles. The van der Waals surface area contributed by atoms with Crippen molar-refractivity contribution in [2.75, 3.05) is 5.32 Å². The Kier molecular flexibility index (Phi) is 4.72. The van der Waals surface area contributed by atoms with Gasteiger partial charge in [-0.1, -0.05) is 35.5 Å². The van der Waals surface area contributed by atoms with Crippen LogP contribution in [0.25, 0.3) is 0 Å². The van der Waals surface area contributed by atoms with Gasteiger partial charge in [-0.15, -0.1) is 0 Å². The fourth-order valence-corrected chi connectivity index (χ4v) is 2.70. The number of benzene rings is 1. The third-order valence-corrected chi connectivity index (χ3v) is 3.88. The Morgan fingerprint density at radius 3 is 2.67 bits per heavy atom. The van der Waals surface area contributed by atoms with Gasteiger partial charge in [0.1, 0.15) is 5.76 Å². The Morgan fingerprint density at radius 2 is 2.04 bits per heavy atom. The summed E-state index contributed by atoms with van der Waals surface area (Å²) in [5.41, 5.74) is 0.977. The Hall–Kier alpha value is -2.93. The second kappa shape index (κ2) is 7.10. The second-order valence-electron chi connectivity index (χ2n) is 5.02.